The Morgan fingerprint density at radius 3 is 3.00 bits per heavy atom. The molecule has 1 aromatic rings. The number of anilines is 1. The van der Waals surface area contributed by atoms with Gasteiger partial charge in [0, 0.05) is 6.20 Å². The van der Waals surface area contributed by atoms with Crippen LogP contribution in [0.2, 0.25) is 0 Å². The summed E-state index contributed by atoms with van der Waals surface area (Å²) in [7, 11) is 0. The molecule has 2 N–H and O–H groups in total. The molecule has 2 unspecified atom stereocenters. The number of aromatic nitrogens is 2. The van der Waals surface area contributed by atoms with Crippen LogP contribution in [0.5, 0.6) is 0 Å². The van der Waals surface area contributed by atoms with Gasteiger partial charge in [0.25, 0.3) is 0 Å². The number of nitrogens with zero attached hydrogens (tertiary/aromatic N) is 3. The van der Waals surface area contributed by atoms with Crippen molar-refractivity contribution < 1.29 is 5.11 Å². The summed E-state index contributed by atoms with van der Waals surface area (Å²) in [6.45, 7) is 0. The summed E-state index contributed by atoms with van der Waals surface area (Å²) in [6, 6.07) is 3.53. The molecule has 1 saturated carbocycles. The number of hydrogen-bond acceptors (Lipinski definition) is 5. The quantitative estimate of drug-likeness (QED) is 0.754. The van der Waals surface area contributed by atoms with E-state index in [2.05, 4.69) is 15.3 Å². The summed E-state index contributed by atoms with van der Waals surface area (Å²) < 4.78 is 0. The molecule has 1 fully saturated rings. The zero-order valence-electron chi connectivity index (χ0n) is 9.63. The highest BCUT2D eigenvalue weighted by Gasteiger charge is 2.22. The van der Waals surface area contributed by atoms with Crippen molar-refractivity contribution in [2.45, 2.75) is 44.2 Å². The highest BCUT2D eigenvalue weighted by Crippen LogP contribution is 2.20. The van der Waals surface area contributed by atoms with Crippen molar-refractivity contribution in [2.24, 2.45) is 0 Å². The third kappa shape index (κ3) is 3.14. The fourth-order valence-electron chi connectivity index (χ4n) is 2.11. The van der Waals surface area contributed by atoms with E-state index in [0.29, 0.717) is 11.6 Å². The Morgan fingerprint density at radius 1 is 1.35 bits per heavy atom. The molecule has 2 atom stereocenters. The molecule has 17 heavy (non-hydrogen) atoms. The van der Waals surface area contributed by atoms with E-state index in [1.54, 1.807) is 12.3 Å². The van der Waals surface area contributed by atoms with E-state index in [-0.39, 0.29) is 12.1 Å². The first-order valence-corrected chi connectivity index (χ1v) is 5.97. The van der Waals surface area contributed by atoms with Crippen LogP contribution < -0.4 is 5.32 Å². The first-order chi connectivity index (χ1) is 8.29. The molecule has 0 aliphatic heterocycles. The lowest BCUT2D eigenvalue weighted by Crippen LogP contribution is -2.33. The Balaban J connectivity index is 2.05. The van der Waals surface area contributed by atoms with Crippen LogP contribution in [0.1, 0.15) is 37.8 Å². The standard InChI is InChI=1S/C12H16N4O/c13-8-9-6-7-14-12(15-9)16-10-4-2-1-3-5-11(10)17/h6-7,10-11,17H,1-5H2,(H,14,15,16). The molecule has 0 saturated heterocycles. The van der Waals surface area contributed by atoms with Crippen LogP contribution in [0.25, 0.3) is 0 Å². The smallest absolute Gasteiger partial charge is 0.224 e. The third-order valence-electron chi connectivity index (χ3n) is 3.06. The summed E-state index contributed by atoms with van der Waals surface area (Å²) >= 11 is 0. The van der Waals surface area contributed by atoms with Crippen molar-refractivity contribution in [1.29, 1.82) is 5.26 Å². The lowest BCUT2D eigenvalue weighted by atomic mass is 10.1. The van der Waals surface area contributed by atoms with Gasteiger partial charge in [-0.1, -0.05) is 19.3 Å². The van der Waals surface area contributed by atoms with Gasteiger partial charge in [-0.05, 0) is 18.9 Å². The monoisotopic (exact) mass is 232 g/mol. The third-order valence-corrected chi connectivity index (χ3v) is 3.06. The summed E-state index contributed by atoms with van der Waals surface area (Å²) in [5.74, 6) is 0.426. The van der Waals surface area contributed by atoms with Crippen molar-refractivity contribution in [2.75, 3.05) is 5.32 Å². The van der Waals surface area contributed by atoms with E-state index in [0.717, 1.165) is 32.1 Å². The highest BCUT2D eigenvalue weighted by molar-refractivity contribution is 5.31. The maximum absolute atomic E-state index is 9.95. The Morgan fingerprint density at radius 2 is 2.18 bits per heavy atom. The molecule has 1 aliphatic carbocycles. The predicted molar refractivity (Wildman–Crippen MR) is 63.2 cm³/mol. The van der Waals surface area contributed by atoms with E-state index >= 15 is 0 Å². The Bertz CT molecular complexity index is 415. The molecule has 0 spiro atoms. The van der Waals surface area contributed by atoms with Crippen molar-refractivity contribution >= 4 is 5.95 Å². The minimum Gasteiger partial charge on any atom is -0.391 e. The summed E-state index contributed by atoms with van der Waals surface area (Å²) in [6.07, 6.45) is 6.26. The summed E-state index contributed by atoms with van der Waals surface area (Å²) in [4.78, 5) is 8.12. The molecule has 2 rings (SSSR count). The van der Waals surface area contributed by atoms with Crippen molar-refractivity contribution in [3.05, 3.63) is 18.0 Å². The van der Waals surface area contributed by atoms with Gasteiger partial charge in [0.15, 0.2) is 0 Å². The Labute approximate surface area is 101 Å². The minimum absolute atomic E-state index is 0.00792. The lowest BCUT2D eigenvalue weighted by Gasteiger charge is -2.21. The van der Waals surface area contributed by atoms with Crippen molar-refractivity contribution in [3.8, 4) is 6.07 Å². The number of hydrogen-bond donors (Lipinski definition) is 2. The topological polar surface area (TPSA) is 81.8 Å². The van der Waals surface area contributed by atoms with Crippen LogP contribution in [0.4, 0.5) is 5.95 Å². The largest absolute Gasteiger partial charge is 0.391 e. The number of aliphatic hydroxyl groups excluding tert-OH is 1. The van der Waals surface area contributed by atoms with Gasteiger partial charge in [0.05, 0.1) is 12.1 Å². The fourth-order valence-corrected chi connectivity index (χ4v) is 2.11. The Kier molecular flexibility index (Phi) is 3.89. The summed E-state index contributed by atoms with van der Waals surface area (Å²) in [5, 5.41) is 21.8. The van der Waals surface area contributed by atoms with E-state index in [1.807, 2.05) is 6.07 Å². The van der Waals surface area contributed by atoms with Gasteiger partial charge in [-0.25, -0.2) is 9.97 Å². The molecule has 1 heterocycles. The Hall–Kier alpha value is -1.67. The average Bonchev–Trinajstić information content (AvgIpc) is 2.55. The van der Waals surface area contributed by atoms with Gasteiger partial charge in [-0.3, -0.25) is 0 Å². The van der Waals surface area contributed by atoms with Gasteiger partial charge in [-0.15, -0.1) is 0 Å². The van der Waals surface area contributed by atoms with Crippen LogP contribution in [0, 0.1) is 11.3 Å². The number of rotatable bonds is 2. The second-order valence-electron chi connectivity index (χ2n) is 4.33. The van der Waals surface area contributed by atoms with Crippen LogP contribution in [0.15, 0.2) is 12.3 Å². The maximum Gasteiger partial charge on any atom is 0.224 e. The normalized spacial score (nSPS) is 24.7. The van der Waals surface area contributed by atoms with Crippen LogP contribution in [0.3, 0.4) is 0 Å². The SMILES string of the molecule is N#Cc1ccnc(NC2CCCCCC2O)n1. The first-order valence-electron chi connectivity index (χ1n) is 5.97. The molecule has 0 amide bonds. The molecule has 90 valence electrons. The van der Waals surface area contributed by atoms with E-state index in [1.165, 1.54) is 0 Å². The molecule has 5 nitrogen and oxygen atoms in total. The van der Waals surface area contributed by atoms with Gasteiger partial charge in [0.2, 0.25) is 5.95 Å². The zero-order valence-corrected chi connectivity index (χ0v) is 9.63. The molecular formula is C12H16N4O. The molecule has 1 aromatic heterocycles. The molecule has 0 bridgehead atoms. The van der Waals surface area contributed by atoms with E-state index < -0.39 is 0 Å². The van der Waals surface area contributed by atoms with Crippen LogP contribution >= 0.6 is 0 Å². The zero-order chi connectivity index (χ0) is 12.1. The molecular weight excluding hydrogens is 216 g/mol. The first kappa shape index (κ1) is 11.8. The summed E-state index contributed by atoms with van der Waals surface area (Å²) in [5.41, 5.74) is 0.339. The maximum atomic E-state index is 9.95. The van der Waals surface area contributed by atoms with E-state index in [9.17, 15) is 5.11 Å². The second-order valence-corrected chi connectivity index (χ2v) is 4.33. The number of nitriles is 1. The number of nitrogens with one attached hydrogen (secondary N) is 1. The van der Waals surface area contributed by atoms with Gasteiger partial charge in [-0.2, -0.15) is 5.26 Å². The highest BCUT2D eigenvalue weighted by atomic mass is 16.3. The van der Waals surface area contributed by atoms with Gasteiger partial charge in [0.1, 0.15) is 11.8 Å². The molecule has 0 radical (unpaired) electrons. The van der Waals surface area contributed by atoms with Gasteiger partial charge < -0.3 is 10.4 Å². The number of aliphatic hydroxyl groups is 1. The van der Waals surface area contributed by atoms with Crippen molar-refractivity contribution in [3.63, 3.8) is 0 Å². The molecule has 1 aliphatic rings. The minimum atomic E-state index is -0.355. The van der Waals surface area contributed by atoms with Gasteiger partial charge >= 0.3 is 0 Å². The fraction of sp³-hybridized carbons (Fsp3) is 0.583. The molecule has 0 aromatic carbocycles. The van der Waals surface area contributed by atoms with E-state index in [4.69, 9.17) is 5.26 Å². The molecule has 5 heteroatoms. The van der Waals surface area contributed by atoms with Crippen LogP contribution in [-0.4, -0.2) is 27.2 Å². The average molecular weight is 232 g/mol. The lowest BCUT2D eigenvalue weighted by molar-refractivity contribution is 0.144. The van der Waals surface area contributed by atoms with Crippen molar-refractivity contribution in [1.82, 2.24) is 9.97 Å². The van der Waals surface area contributed by atoms with Crippen LogP contribution in [-0.2, 0) is 0 Å². The predicted octanol–water partition coefficient (Wildman–Crippen LogP) is 1.45. The second kappa shape index (κ2) is 5.60.